The summed E-state index contributed by atoms with van der Waals surface area (Å²) in [5.41, 5.74) is 0.962. The predicted molar refractivity (Wildman–Crippen MR) is 107 cm³/mol. The topological polar surface area (TPSA) is 71.1 Å². The Kier molecular flexibility index (Phi) is 7.01. The van der Waals surface area contributed by atoms with Crippen molar-refractivity contribution in [3.8, 4) is 5.75 Å². The first-order valence-electron chi connectivity index (χ1n) is 9.21. The van der Waals surface area contributed by atoms with E-state index in [0.29, 0.717) is 27.8 Å². The number of aromatic nitrogens is 3. The summed E-state index contributed by atoms with van der Waals surface area (Å²) >= 11 is 7.37. The van der Waals surface area contributed by atoms with Gasteiger partial charge in [0.15, 0.2) is 5.82 Å². The molecule has 0 radical (unpaired) electrons. The Bertz CT molecular complexity index is 777. The number of amides is 1. The van der Waals surface area contributed by atoms with Gasteiger partial charge in [0.2, 0.25) is 11.1 Å². The van der Waals surface area contributed by atoms with E-state index in [9.17, 15) is 4.79 Å². The quantitative estimate of drug-likeness (QED) is 0.694. The number of carbonyl (C=O) groups excluding carboxylic acids is 1. The summed E-state index contributed by atoms with van der Waals surface area (Å²) in [4.78, 5) is 18.7. The van der Waals surface area contributed by atoms with Crippen LogP contribution in [0.1, 0.15) is 43.5 Å². The molecular weight excluding hydrogens is 384 g/mol. The van der Waals surface area contributed by atoms with Crippen molar-refractivity contribution in [2.45, 2.75) is 56.8 Å². The second-order valence-corrected chi connectivity index (χ2v) is 8.20. The van der Waals surface area contributed by atoms with E-state index in [1.165, 1.54) is 31.0 Å². The van der Waals surface area contributed by atoms with E-state index in [-0.39, 0.29) is 12.5 Å². The molecule has 27 heavy (non-hydrogen) atoms. The number of hydrogen-bond acceptors (Lipinski definition) is 5. The summed E-state index contributed by atoms with van der Waals surface area (Å²) in [6.07, 6.45) is 5.93. The molecule has 8 heteroatoms. The molecule has 0 saturated heterocycles. The van der Waals surface area contributed by atoms with Crippen LogP contribution in [-0.4, -0.2) is 44.8 Å². The number of nitrogens with one attached hydrogen (secondary N) is 1. The molecule has 2 aromatic rings. The molecule has 1 aromatic heterocycles. The summed E-state index contributed by atoms with van der Waals surface area (Å²) in [7, 11) is 1.91. The van der Waals surface area contributed by atoms with E-state index in [4.69, 9.17) is 16.3 Å². The molecule has 3 rings (SSSR count). The van der Waals surface area contributed by atoms with Gasteiger partial charge in [-0.05, 0) is 43.5 Å². The minimum absolute atomic E-state index is 0.131. The van der Waals surface area contributed by atoms with Crippen LogP contribution in [0.15, 0.2) is 23.4 Å². The van der Waals surface area contributed by atoms with Gasteiger partial charge in [0.25, 0.3) is 0 Å². The molecule has 6 nitrogen and oxygen atoms in total. The standard InChI is InChI=1S/C19H25ClN4O2S/c1-13-10-15(8-9-16(13)20)26-11-17-21-19(23-22-17)27-12-18(25)24(2)14-6-4-3-5-7-14/h8-10,14H,3-7,11-12H2,1-2H3,(H,21,22,23). The number of nitrogens with zero attached hydrogens (tertiary/aromatic N) is 3. The lowest BCUT2D eigenvalue weighted by atomic mass is 9.94. The zero-order valence-electron chi connectivity index (χ0n) is 15.7. The van der Waals surface area contributed by atoms with Crippen molar-refractivity contribution in [2.24, 2.45) is 0 Å². The largest absolute Gasteiger partial charge is 0.486 e. The summed E-state index contributed by atoms with van der Waals surface area (Å²) in [5.74, 6) is 1.83. The molecule has 1 aliphatic rings. The van der Waals surface area contributed by atoms with Gasteiger partial charge in [-0.1, -0.05) is 42.6 Å². The predicted octanol–water partition coefficient (Wildman–Crippen LogP) is 4.23. The number of rotatable bonds is 7. The molecule has 0 spiro atoms. The average molecular weight is 409 g/mol. The highest BCUT2D eigenvalue weighted by Crippen LogP contribution is 2.23. The number of ether oxygens (including phenoxy) is 1. The van der Waals surface area contributed by atoms with Crippen LogP contribution in [0, 0.1) is 6.92 Å². The minimum atomic E-state index is 0.131. The van der Waals surface area contributed by atoms with E-state index in [2.05, 4.69) is 15.2 Å². The molecule has 1 heterocycles. The van der Waals surface area contributed by atoms with Crippen LogP contribution in [0.25, 0.3) is 0 Å². The van der Waals surface area contributed by atoms with Gasteiger partial charge in [-0.2, -0.15) is 0 Å². The lowest BCUT2D eigenvalue weighted by Gasteiger charge is -2.31. The molecule has 0 atom stereocenters. The van der Waals surface area contributed by atoms with E-state index < -0.39 is 0 Å². The van der Waals surface area contributed by atoms with Gasteiger partial charge in [-0.3, -0.25) is 9.89 Å². The normalized spacial score (nSPS) is 14.9. The third-order valence-corrected chi connectivity index (χ3v) is 6.11. The molecule has 146 valence electrons. The van der Waals surface area contributed by atoms with Gasteiger partial charge >= 0.3 is 0 Å². The first-order valence-corrected chi connectivity index (χ1v) is 10.6. The maximum absolute atomic E-state index is 12.4. The highest BCUT2D eigenvalue weighted by molar-refractivity contribution is 7.99. The van der Waals surface area contributed by atoms with Crippen molar-refractivity contribution < 1.29 is 9.53 Å². The van der Waals surface area contributed by atoms with Gasteiger partial charge in [-0.15, -0.1) is 5.10 Å². The first-order chi connectivity index (χ1) is 13.0. The van der Waals surface area contributed by atoms with Crippen LogP contribution >= 0.6 is 23.4 Å². The second-order valence-electron chi connectivity index (χ2n) is 6.85. The van der Waals surface area contributed by atoms with E-state index in [1.807, 2.05) is 37.1 Å². The number of aryl methyl sites for hydroxylation is 1. The van der Waals surface area contributed by atoms with Gasteiger partial charge < -0.3 is 9.64 Å². The van der Waals surface area contributed by atoms with Crippen molar-refractivity contribution in [1.82, 2.24) is 20.1 Å². The number of benzene rings is 1. The third-order valence-electron chi connectivity index (χ3n) is 4.86. The average Bonchev–Trinajstić information content (AvgIpc) is 3.15. The zero-order chi connectivity index (χ0) is 19.2. The van der Waals surface area contributed by atoms with Crippen LogP contribution in [0.2, 0.25) is 5.02 Å². The summed E-state index contributed by atoms with van der Waals surface area (Å²) in [6, 6.07) is 5.89. The molecule has 1 fully saturated rings. The Balaban J connectivity index is 1.46. The minimum Gasteiger partial charge on any atom is -0.486 e. The molecule has 0 bridgehead atoms. The van der Waals surface area contributed by atoms with Crippen LogP contribution < -0.4 is 4.74 Å². The molecule has 0 unspecified atom stereocenters. The van der Waals surface area contributed by atoms with Gasteiger partial charge in [0, 0.05) is 18.1 Å². The molecule has 0 aliphatic heterocycles. The number of aromatic amines is 1. The Labute approximate surface area is 169 Å². The fourth-order valence-electron chi connectivity index (χ4n) is 3.17. The van der Waals surface area contributed by atoms with E-state index in [1.54, 1.807) is 0 Å². The van der Waals surface area contributed by atoms with Gasteiger partial charge in [0.05, 0.1) is 5.75 Å². The first kappa shape index (κ1) is 20.0. The Morgan fingerprint density at radius 3 is 2.89 bits per heavy atom. The second kappa shape index (κ2) is 9.46. The van der Waals surface area contributed by atoms with Gasteiger partial charge in [0.1, 0.15) is 12.4 Å². The Morgan fingerprint density at radius 2 is 2.15 bits per heavy atom. The van der Waals surface area contributed by atoms with Crippen LogP contribution in [0.5, 0.6) is 5.75 Å². The maximum atomic E-state index is 12.4. The molecule has 1 aliphatic carbocycles. The SMILES string of the molecule is Cc1cc(OCc2nc(SCC(=O)N(C)C3CCCCC3)n[nH]2)ccc1Cl. The number of halogens is 1. The molecule has 1 aromatic carbocycles. The number of H-pyrrole nitrogens is 1. The van der Waals surface area contributed by atoms with E-state index in [0.717, 1.165) is 24.2 Å². The Hall–Kier alpha value is -1.73. The van der Waals surface area contributed by atoms with Crippen LogP contribution in [0.4, 0.5) is 0 Å². The molecule has 1 saturated carbocycles. The van der Waals surface area contributed by atoms with E-state index >= 15 is 0 Å². The van der Waals surface area contributed by atoms with Gasteiger partial charge in [-0.25, -0.2) is 4.98 Å². The molecule has 1 N–H and O–H groups in total. The monoisotopic (exact) mass is 408 g/mol. The highest BCUT2D eigenvalue weighted by Gasteiger charge is 2.22. The van der Waals surface area contributed by atoms with Crippen molar-refractivity contribution in [2.75, 3.05) is 12.8 Å². The fourth-order valence-corrected chi connectivity index (χ4v) is 4.02. The van der Waals surface area contributed by atoms with Crippen molar-refractivity contribution in [3.63, 3.8) is 0 Å². The number of thioether (sulfide) groups is 1. The molecular formula is C19H25ClN4O2S. The van der Waals surface area contributed by atoms with Crippen molar-refractivity contribution in [3.05, 3.63) is 34.6 Å². The maximum Gasteiger partial charge on any atom is 0.233 e. The van der Waals surface area contributed by atoms with Crippen LogP contribution in [0.3, 0.4) is 0 Å². The Morgan fingerprint density at radius 1 is 1.37 bits per heavy atom. The zero-order valence-corrected chi connectivity index (χ0v) is 17.3. The highest BCUT2D eigenvalue weighted by atomic mass is 35.5. The molecule has 1 amide bonds. The lowest BCUT2D eigenvalue weighted by molar-refractivity contribution is -0.129. The number of hydrogen-bond donors (Lipinski definition) is 1. The smallest absolute Gasteiger partial charge is 0.233 e. The summed E-state index contributed by atoms with van der Waals surface area (Å²) < 4.78 is 5.71. The fraction of sp³-hybridized carbons (Fsp3) is 0.526. The van der Waals surface area contributed by atoms with Crippen LogP contribution in [-0.2, 0) is 11.4 Å². The number of carbonyl (C=O) groups is 1. The van der Waals surface area contributed by atoms with Crippen molar-refractivity contribution in [1.29, 1.82) is 0 Å². The summed E-state index contributed by atoms with van der Waals surface area (Å²) in [5, 5.41) is 8.29. The third kappa shape index (κ3) is 5.62. The lowest BCUT2D eigenvalue weighted by Crippen LogP contribution is -2.39. The van der Waals surface area contributed by atoms with Crippen molar-refractivity contribution >= 4 is 29.3 Å². The summed E-state index contributed by atoms with van der Waals surface area (Å²) in [6.45, 7) is 2.21.